The Morgan fingerprint density at radius 2 is 2.00 bits per heavy atom. The van der Waals surface area contributed by atoms with Crippen molar-refractivity contribution in [1.29, 1.82) is 0 Å². The Hall–Kier alpha value is -1.13. The Kier molecular flexibility index (Phi) is 11.5. The fraction of sp³-hybridized carbons (Fsp3) is 0.792. The average Bonchev–Trinajstić information content (AvgIpc) is 3.38. The molecule has 0 aliphatic heterocycles. The summed E-state index contributed by atoms with van der Waals surface area (Å²) in [7, 11) is 0. The lowest BCUT2D eigenvalue weighted by molar-refractivity contribution is -0.127. The maximum atomic E-state index is 11.9. The third-order valence-electron chi connectivity index (χ3n) is 6.34. The predicted molar refractivity (Wildman–Crippen MR) is 115 cm³/mol. The van der Waals surface area contributed by atoms with Crippen LogP contribution in [0.25, 0.3) is 0 Å². The van der Waals surface area contributed by atoms with Gasteiger partial charge in [-0.05, 0) is 49.9 Å². The summed E-state index contributed by atoms with van der Waals surface area (Å²) < 4.78 is 11.5. The second-order valence-corrected chi connectivity index (χ2v) is 8.37. The molecule has 2 aliphatic carbocycles. The summed E-state index contributed by atoms with van der Waals surface area (Å²) >= 11 is 0. The van der Waals surface area contributed by atoms with Gasteiger partial charge < -0.3 is 14.8 Å². The average molecular weight is 392 g/mol. The highest BCUT2D eigenvalue weighted by Crippen LogP contribution is 2.43. The minimum atomic E-state index is -0.0794. The molecule has 4 heteroatoms. The molecular weight excluding hydrogens is 350 g/mol. The Morgan fingerprint density at radius 1 is 1.18 bits per heavy atom. The monoisotopic (exact) mass is 391 g/mol. The first-order chi connectivity index (χ1) is 13.7. The topological polar surface area (TPSA) is 47.6 Å². The number of rotatable bonds is 14. The normalized spacial score (nSPS) is 24.0. The number of hydrogen-bond acceptors (Lipinski definition) is 3. The quantitative estimate of drug-likeness (QED) is 0.333. The van der Waals surface area contributed by atoms with Crippen molar-refractivity contribution in [3.63, 3.8) is 0 Å². The van der Waals surface area contributed by atoms with Gasteiger partial charge in [-0.3, -0.25) is 4.79 Å². The molecule has 28 heavy (non-hydrogen) atoms. The lowest BCUT2D eigenvalue weighted by Gasteiger charge is -2.25. The van der Waals surface area contributed by atoms with Gasteiger partial charge in [0, 0.05) is 13.2 Å². The van der Waals surface area contributed by atoms with E-state index < -0.39 is 0 Å². The van der Waals surface area contributed by atoms with Crippen LogP contribution in [-0.2, 0) is 14.3 Å². The van der Waals surface area contributed by atoms with Crippen LogP contribution in [0.5, 0.6) is 0 Å². The lowest BCUT2D eigenvalue weighted by atomic mass is 9.83. The zero-order chi connectivity index (χ0) is 20.0. The van der Waals surface area contributed by atoms with E-state index in [9.17, 15) is 4.79 Å². The van der Waals surface area contributed by atoms with Gasteiger partial charge in [-0.2, -0.15) is 0 Å². The first-order valence-electron chi connectivity index (χ1n) is 11.5. The minimum absolute atomic E-state index is 0.0709. The molecule has 1 amide bonds. The summed E-state index contributed by atoms with van der Waals surface area (Å²) in [5, 5.41) is 2.89. The summed E-state index contributed by atoms with van der Waals surface area (Å²) in [4.78, 5) is 11.9. The van der Waals surface area contributed by atoms with Gasteiger partial charge in [-0.1, -0.05) is 57.3 Å². The summed E-state index contributed by atoms with van der Waals surface area (Å²) in [6, 6.07) is 0. The molecule has 0 radical (unpaired) electrons. The number of nitrogens with one attached hydrogen (secondary N) is 1. The van der Waals surface area contributed by atoms with Crippen molar-refractivity contribution in [3.8, 4) is 0 Å². The Labute approximate surface area is 172 Å². The van der Waals surface area contributed by atoms with E-state index in [0.717, 1.165) is 43.6 Å². The van der Waals surface area contributed by atoms with Gasteiger partial charge in [-0.15, -0.1) is 6.58 Å². The standard InChI is InChI=1S/C24H41NO3/c1-3-5-6-7-14-22(4-2)28-19-24(26)25-16-17-27-18-21-13-10-15-23(21)20-11-8-9-12-20/h4-6,20-23H,2-3,7-19H2,1H3,(H,25,26). The van der Waals surface area contributed by atoms with Gasteiger partial charge in [0.2, 0.25) is 5.91 Å². The zero-order valence-electron chi connectivity index (χ0n) is 17.9. The van der Waals surface area contributed by atoms with Gasteiger partial charge in [-0.25, -0.2) is 0 Å². The summed E-state index contributed by atoms with van der Waals surface area (Å²) in [6.45, 7) is 8.00. The van der Waals surface area contributed by atoms with Crippen molar-refractivity contribution in [2.45, 2.75) is 77.2 Å². The largest absolute Gasteiger partial charge is 0.379 e. The molecule has 3 atom stereocenters. The smallest absolute Gasteiger partial charge is 0.246 e. The van der Waals surface area contributed by atoms with Gasteiger partial charge in [0.1, 0.15) is 6.61 Å². The SMILES string of the molecule is C=CC(CCC=CCC)OCC(=O)NCCOCC1CCCC1C1CCCC1. The molecule has 0 saturated heterocycles. The molecule has 2 saturated carbocycles. The van der Waals surface area contributed by atoms with Crippen molar-refractivity contribution >= 4 is 5.91 Å². The van der Waals surface area contributed by atoms with Crippen molar-refractivity contribution in [2.75, 3.05) is 26.4 Å². The van der Waals surface area contributed by atoms with Crippen molar-refractivity contribution in [2.24, 2.45) is 17.8 Å². The lowest BCUT2D eigenvalue weighted by Crippen LogP contribution is -2.32. The molecule has 1 N–H and O–H groups in total. The van der Waals surface area contributed by atoms with Crippen LogP contribution in [0.3, 0.4) is 0 Å². The fourth-order valence-electron chi connectivity index (χ4n) is 4.82. The molecule has 2 aliphatic rings. The number of allylic oxidation sites excluding steroid dienone is 2. The summed E-state index contributed by atoms with van der Waals surface area (Å²) in [6.07, 6.45) is 18.6. The molecule has 2 fully saturated rings. The van der Waals surface area contributed by atoms with Crippen LogP contribution >= 0.6 is 0 Å². The second-order valence-electron chi connectivity index (χ2n) is 8.37. The van der Waals surface area contributed by atoms with Crippen LogP contribution in [-0.4, -0.2) is 38.4 Å². The van der Waals surface area contributed by atoms with E-state index in [1.807, 2.05) is 0 Å². The Balaban J connectivity index is 1.51. The molecule has 0 bridgehead atoms. The zero-order valence-corrected chi connectivity index (χ0v) is 17.9. The van der Waals surface area contributed by atoms with E-state index >= 15 is 0 Å². The van der Waals surface area contributed by atoms with Crippen LogP contribution in [0.4, 0.5) is 0 Å². The van der Waals surface area contributed by atoms with E-state index in [1.165, 1.54) is 44.9 Å². The van der Waals surface area contributed by atoms with Crippen LogP contribution in [0, 0.1) is 17.8 Å². The highest BCUT2D eigenvalue weighted by molar-refractivity contribution is 5.77. The molecule has 0 aromatic heterocycles. The number of hydrogen-bond donors (Lipinski definition) is 1. The Bertz CT molecular complexity index is 470. The van der Waals surface area contributed by atoms with Gasteiger partial charge >= 0.3 is 0 Å². The molecule has 0 heterocycles. The van der Waals surface area contributed by atoms with E-state index in [1.54, 1.807) is 6.08 Å². The predicted octanol–water partition coefficient (Wildman–Crippen LogP) is 5.04. The highest BCUT2D eigenvalue weighted by Gasteiger charge is 2.34. The maximum absolute atomic E-state index is 11.9. The number of carbonyl (C=O) groups excluding carboxylic acids is 1. The summed E-state index contributed by atoms with van der Waals surface area (Å²) in [5.74, 6) is 2.48. The molecular formula is C24H41NO3. The first-order valence-corrected chi connectivity index (χ1v) is 11.5. The van der Waals surface area contributed by atoms with Crippen LogP contribution < -0.4 is 5.32 Å². The molecule has 2 rings (SSSR count). The van der Waals surface area contributed by atoms with Crippen molar-refractivity contribution < 1.29 is 14.3 Å². The number of ether oxygens (including phenoxy) is 2. The highest BCUT2D eigenvalue weighted by atomic mass is 16.5. The van der Waals surface area contributed by atoms with Gasteiger partial charge in [0.15, 0.2) is 0 Å². The van der Waals surface area contributed by atoms with Gasteiger partial charge in [0.25, 0.3) is 0 Å². The molecule has 0 aromatic rings. The second kappa shape index (κ2) is 13.9. The number of carbonyl (C=O) groups is 1. The maximum Gasteiger partial charge on any atom is 0.246 e. The third kappa shape index (κ3) is 8.48. The van der Waals surface area contributed by atoms with E-state index in [-0.39, 0.29) is 18.6 Å². The first kappa shape index (κ1) is 23.2. The molecule has 0 aromatic carbocycles. The Morgan fingerprint density at radius 3 is 2.75 bits per heavy atom. The fourth-order valence-corrected chi connectivity index (χ4v) is 4.82. The van der Waals surface area contributed by atoms with Gasteiger partial charge in [0.05, 0.1) is 12.7 Å². The summed E-state index contributed by atoms with van der Waals surface area (Å²) in [5.41, 5.74) is 0. The van der Waals surface area contributed by atoms with Crippen molar-refractivity contribution in [3.05, 3.63) is 24.8 Å². The third-order valence-corrected chi connectivity index (χ3v) is 6.34. The van der Waals surface area contributed by atoms with E-state index in [2.05, 4.69) is 31.0 Å². The number of amides is 1. The molecule has 0 spiro atoms. The van der Waals surface area contributed by atoms with E-state index in [4.69, 9.17) is 9.47 Å². The van der Waals surface area contributed by atoms with Crippen molar-refractivity contribution in [1.82, 2.24) is 5.32 Å². The molecule has 3 unspecified atom stereocenters. The van der Waals surface area contributed by atoms with Crippen LogP contribution in [0.1, 0.15) is 71.1 Å². The molecule has 160 valence electrons. The van der Waals surface area contributed by atoms with Crippen LogP contribution in [0.2, 0.25) is 0 Å². The van der Waals surface area contributed by atoms with E-state index in [0.29, 0.717) is 13.2 Å². The van der Waals surface area contributed by atoms with Crippen LogP contribution in [0.15, 0.2) is 24.8 Å². The molecule has 4 nitrogen and oxygen atoms in total. The minimum Gasteiger partial charge on any atom is -0.379 e.